The molecule has 1 fully saturated rings. The Morgan fingerprint density at radius 2 is 2.12 bits per heavy atom. The van der Waals surface area contributed by atoms with E-state index in [1.807, 2.05) is 0 Å². The van der Waals surface area contributed by atoms with Crippen LogP contribution in [-0.2, 0) is 6.18 Å². The van der Waals surface area contributed by atoms with Gasteiger partial charge in [-0.15, -0.1) is 0 Å². The minimum Gasteiger partial charge on any atom is -0.369 e. The van der Waals surface area contributed by atoms with E-state index < -0.39 is 11.9 Å². The van der Waals surface area contributed by atoms with Gasteiger partial charge in [0.15, 0.2) is 0 Å². The van der Waals surface area contributed by atoms with Crippen LogP contribution in [-0.4, -0.2) is 34.6 Å². The van der Waals surface area contributed by atoms with Crippen LogP contribution in [0.1, 0.15) is 17.7 Å². The lowest BCUT2D eigenvalue weighted by atomic mass is 10.1. The van der Waals surface area contributed by atoms with Gasteiger partial charge >= 0.3 is 6.18 Å². The molecule has 1 saturated heterocycles. The van der Waals surface area contributed by atoms with Crippen molar-refractivity contribution in [3.8, 4) is 6.07 Å². The van der Waals surface area contributed by atoms with Crippen molar-refractivity contribution < 1.29 is 13.2 Å². The second kappa shape index (κ2) is 6.93. The Morgan fingerprint density at radius 1 is 1.28 bits per heavy atom. The summed E-state index contributed by atoms with van der Waals surface area (Å²) in [4.78, 5) is 13.4. The van der Waals surface area contributed by atoms with Gasteiger partial charge in [-0.05, 0) is 30.5 Å². The molecule has 0 aromatic carbocycles. The van der Waals surface area contributed by atoms with E-state index in [1.54, 1.807) is 23.2 Å². The zero-order chi connectivity index (χ0) is 17.9. The summed E-state index contributed by atoms with van der Waals surface area (Å²) < 4.78 is 38.3. The maximum atomic E-state index is 12.8. The Hall–Kier alpha value is -2.89. The molecule has 1 aliphatic heterocycles. The molecule has 2 aromatic heterocycles. The van der Waals surface area contributed by atoms with Crippen LogP contribution in [0.15, 0.2) is 30.6 Å². The quantitative estimate of drug-likeness (QED) is 0.915. The predicted molar refractivity (Wildman–Crippen MR) is 84.8 cm³/mol. The van der Waals surface area contributed by atoms with Gasteiger partial charge in [-0.2, -0.15) is 18.4 Å². The third-order valence-electron chi connectivity index (χ3n) is 3.99. The molecule has 130 valence electrons. The van der Waals surface area contributed by atoms with Crippen molar-refractivity contribution in [2.75, 3.05) is 29.9 Å². The molecule has 0 saturated carbocycles. The molecular formula is C16H15F3N6. The average molecular weight is 348 g/mol. The van der Waals surface area contributed by atoms with Crippen molar-refractivity contribution in [2.24, 2.45) is 5.92 Å². The molecule has 25 heavy (non-hydrogen) atoms. The number of anilines is 2. The SMILES string of the molecule is N#Cc1cccnc1NCC1CCN(c2nccc(C(F)(F)F)n2)C1. The molecule has 0 radical (unpaired) electrons. The maximum Gasteiger partial charge on any atom is 0.433 e. The molecule has 6 nitrogen and oxygen atoms in total. The van der Waals surface area contributed by atoms with Crippen molar-refractivity contribution >= 4 is 11.8 Å². The van der Waals surface area contributed by atoms with Crippen molar-refractivity contribution in [3.63, 3.8) is 0 Å². The van der Waals surface area contributed by atoms with Crippen LogP contribution < -0.4 is 10.2 Å². The Kier molecular flexibility index (Phi) is 4.70. The van der Waals surface area contributed by atoms with Gasteiger partial charge in [0.1, 0.15) is 17.6 Å². The Labute approximate surface area is 142 Å². The first-order valence-electron chi connectivity index (χ1n) is 7.71. The fraction of sp³-hybridized carbons (Fsp3) is 0.375. The Bertz CT molecular complexity index is 786. The van der Waals surface area contributed by atoms with Gasteiger partial charge in [0.2, 0.25) is 5.95 Å². The molecule has 9 heteroatoms. The van der Waals surface area contributed by atoms with Gasteiger partial charge in [-0.1, -0.05) is 0 Å². The molecule has 0 spiro atoms. The molecule has 3 rings (SSSR count). The number of hydrogen-bond donors (Lipinski definition) is 1. The second-order valence-electron chi connectivity index (χ2n) is 5.73. The van der Waals surface area contributed by atoms with E-state index in [0.717, 1.165) is 18.7 Å². The third kappa shape index (κ3) is 3.96. The van der Waals surface area contributed by atoms with Crippen molar-refractivity contribution in [2.45, 2.75) is 12.6 Å². The molecule has 1 aliphatic rings. The normalized spacial score (nSPS) is 17.4. The lowest BCUT2D eigenvalue weighted by Gasteiger charge is -2.18. The van der Waals surface area contributed by atoms with Gasteiger partial charge in [0.05, 0.1) is 5.56 Å². The number of nitrogens with zero attached hydrogens (tertiary/aromatic N) is 5. The number of nitriles is 1. The number of alkyl halides is 3. The van der Waals surface area contributed by atoms with Crippen molar-refractivity contribution in [1.82, 2.24) is 15.0 Å². The first-order chi connectivity index (χ1) is 12.0. The molecule has 0 bridgehead atoms. The van der Waals surface area contributed by atoms with E-state index in [-0.39, 0.29) is 11.9 Å². The first-order valence-corrected chi connectivity index (χ1v) is 7.71. The highest BCUT2D eigenvalue weighted by atomic mass is 19.4. The molecule has 2 aromatic rings. The summed E-state index contributed by atoms with van der Waals surface area (Å²) in [5.74, 6) is 0.804. The Balaban J connectivity index is 1.62. The number of rotatable bonds is 4. The molecule has 1 atom stereocenters. The smallest absolute Gasteiger partial charge is 0.369 e. The number of nitrogens with one attached hydrogen (secondary N) is 1. The summed E-state index contributed by atoms with van der Waals surface area (Å²) in [7, 11) is 0. The summed E-state index contributed by atoms with van der Waals surface area (Å²) in [6, 6.07) is 6.29. The lowest BCUT2D eigenvalue weighted by molar-refractivity contribution is -0.141. The topological polar surface area (TPSA) is 77.7 Å². The van der Waals surface area contributed by atoms with Gasteiger partial charge in [0.25, 0.3) is 0 Å². The number of halogens is 3. The molecule has 0 aliphatic carbocycles. The van der Waals surface area contributed by atoms with E-state index in [0.29, 0.717) is 31.0 Å². The Morgan fingerprint density at radius 3 is 2.88 bits per heavy atom. The molecular weight excluding hydrogens is 333 g/mol. The van der Waals surface area contributed by atoms with Crippen LogP contribution in [0.3, 0.4) is 0 Å². The summed E-state index contributed by atoms with van der Waals surface area (Å²) in [5.41, 5.74) is -0.482. The highest BCUT2D eigenvalue weighted by Gasteiger charge is 2.34. The lowest BCUT2D eigenvalue weighted by Crippen LogP contribution is -2.25. The largest absolute Gasteiger partial charge is 0.433 e. The highest BCUT2D eigenvalue weighted by molar-refractivity contribution is 5.51. The molecule has 1 unspecified atom stereocenters. The van der Waals surface area contributed by atoms with Crippen LogP contribution in [0.2, 0.25) is 0 Å². The van der Waals surface area contributed by atoms with Crippen LogP contribution in [0, 0.1) is 17.2 Å². The number of aromatic nitrogens is 3. The predicted octanol–water partition coefficient (Wildman–Crippen LogP) is 2.70. The van der Waals surface area contributed by atoms with E-state index in [4.69, 9.17) is 5.26 Å². The average Bonchev–Trinajstić information content (AvgIpc) is 3.08. The molecule has 3 heterocycles. The zero-order valence-electron chi connectivity index (χ0n) is 13.2. The van der Waals surface area contributed by atoms with Crippen LogP contribution in [0.25, 0.3) is 0 Å². The van der Waals surface area contributed by atoms with Crippen LogP contribution in [0.4, 0.5) is 24.9 Å². The van der Waals surface area contributed by atoms with Crippen molar-refractivity contribution in [3.05, 3.63) is 41.9 Å². The van der Waals surface area contributed by atoms with Gasteiger partial charge < -0.3 is 10.2 Å². The number of pyridine rings is 1. The van der Waals surface area contributed by atoms with Gasteiger partial charge in [0, 0.05) is 32.0 Å². The second-order valence-corrected chi connectivity index (χ2v) is 5.73. The fourth-order valence-electron chi connectivity index (χ4n) is 2.72. The summed E-state index contributed by atoms with van der Waals surface area (Å²) in [6.07, 6.45) is -0.962. The van der Waals surface area contributed by atoms with Crippen LogP contribution >= 0.6 is 0 Å². The highest BCUT2D eigenvalue weighted by Crippen LogP contribution is 2.29. The van der Waals surface area contributed by atoms with Gasteiger partial charge in [-0.25, -0.2) is 15.0 Å². The van der Waals surface area contributed by atoms with Crippen LogP contribution in [0.5, 0.6) is 0 Å². The number of hydrogen-bond acceptors (Lipinski definition) is 6. The monoisotopic (exact) mass is 348 g/mol. The zero-order valence-corrected chi connectivity index (χ0v) is 13.2. The fourth-order valence-corrected chi connectivity index (χ4v) is 2.72. The van der Waals surface area contributed by atoms with Gasteiger partial charge in [-0.3, -0.25) is 0 Å². The van der Waals surface area contributed by atoms with E-state index in [1.165, 1.54) is 0 Å². The molecule has 1 N–H and O–H groups in total. The third-order valence-corrected chi connectivity index (χ3v) is 3.99. The standard InChI is InChI=1S/C16H15F3N6/c17-16(18,19)13-3-6-22-15(24-13)25-7-4-11(10-25)9-23-14-12(8-20)2-1-5-21-14/h1-3,5-6,11H,4,7,9-10H2,(H,21,23). The van der Waals surface area contributed by atoms with E-state index in [9.17, 15) is 13.2 Å². The minimum absolute atomic E-state index is 0.0906. The first kappa shape index (κ1) is 17.0. The molecule has 0 amide bonds. The van der Waals surface area contributed by atoms with Crippen molar-refractivity contribution in [1.29, 1.82) is 5.26 Å². The summed E-state index contributed by atoms with van der Waals surface area (Å²) in [5, 5.41) is 12.2. The maximum absolute atomic E-state index is 12.8. The summed E-state index contributed by atoms with van der Waals surface area (Å²) in [6.45, 7) is 1.70. The minimum atomic E-state index is -4.48. The van der Waals surface area contributed by atoms with E-state index in [2.05, 4.69) is 26.3 Å². The summed E-state index contributed by atoms with van der Waals surface area (Å²) >= 11 is 0. The van der Waals surface area contributed by atoms with E-state index >= 15 is 0 Å².